The molecular formula is C18H19N5O. The topological polar surface area (TPSA) is 94.5 Å². The summed E-state index contributed by atoms with van der Waals surface area (Å²) < 4.78 is 1.82. The summed E-state index contributed by atoms with van der Waals surface area (Å²) in [5, 5.41) is 24.8. The number of amides is 1. The number of aromatic nitrogens is 2. The number of anilines is 1. The van der Waals surface area contributed by atoms with Crippen LogP contribution in [-0.2, 0) is 17.8 Å². The lowest BCUT2D eigenvalue weighted by atomic mass is 10.1. The van der Waals surface area contributed by atoms with Gasteiger partial charge >= 0.3 is 0 Å². The van der Waals surface area contributed by atoms with Crippen molar-refractivity contribution >= 4 is 11.6 Å². The van der Waals surface area contributed by atoms with E-state index in [-0.39, 0.29) is 5.91 Å². The van der Waals surface area contributed by atoms with Crippen LogP contribution >= 0.6 is 0 Å². The number of hydrogen-bond acceptors (Lipinski definition) is 4. The van der Waals surface area contributed by atoms with E-state index in [2.05, 4.69) is 16.5 Å². The van der Waals surface area contributed by atoms with Gasteiger partial charge in [-0.1, -0.05) is 6.07 Å². The molecule has 2 aromatic rings. The average Bonchev–Trinajstić information content (AvgIpc) is 2.85. The molecule has 6 heteroatoms. The molecule has 1 amide bonds. The van der Waals surface area contributed by atoms with Crippen molar-refractivity contribution in [2.75, 3.05) is 5.32 Å². The Morgan fingerprint density at radius 1 is 1.33 bits per heavy atom. The number of carbonyl (C=O) groups is 1. The van der Waals surface area contributed by atoms with Crippen LogP contribution in [-0.4, -0.2) is 15.7 Å². The number of aryl methyl sites for hydroxylation is 2. The molecule has 2 rings (SSSR count). The standard InChI is InChI=1S/C18H19N5O/c1-13-17(14(2)23(22-13)10-4-9-19)7-8-18(24)21-16-6-3-5-15(11-16)12-20/h3,5-6,11H,4,7-8,10H2,1-2H3,(H,21,24). The SMILES string of the molecule is Cc1nn(CCC#N)c(C)c1CCC(=O)Nc1cccc(C#N)c1. The van der Waals surface area contributed by atoms with Gasteiger partial charge in [-0.2, -0.15) is 15.6 Å². The smallest absolute Gasteiger partial charge is 0.224 e. The Hall–Kier alpha value is -3.12. The van der Waals surface area contributed by atoms with Gasteiger partial charge in [0.15, 0.2) is 0 Å². The first-order chi connectivity index (χ1) is 11.5. The van der Waals surface area contributed by atoms with Crippen LogP contribution in [0.3, 0.4) is 0 Å². The highest BCUT2D eigenvalue weighted by molar-refractivity contribution is 5.91. The first-order valence-electron chi connectivity index (χ1n) is 7.75. The van der Waals surface area contributed by atoms with Crippen LogP contribution in [0.1, 0.15) is 35.4 Å². The Morgan fingerprint density at radius 3 is 2.83 bits per heavy atom. The van der Waals surface area contributed by atoms with Crippen LogP contribution in [0.5, 0.6) is 0 Å². The molecule has 0 saturated carbocycles. The van der Waals surface area contributed by atoms with E-state index in [9.17, 15) is 4.79 Å². The zero-order chi connectivity index (χ0) is 17.5. The quantitative estimate of drug-likeness (QED) is 0.885. The van der Waals surface area contributed by atoms with Gasteiger partial charge < -0.3 is 5.32 Å². The van der Waals surface area contributed by atoms with Crippen LogP contribution in [0.4, 0.5) is 5.69 Å². The van der Waals surface area contributed by atoms with Crippen molar-refractivity contribution in [1.82, 2.24) is 9.78 Å². The summed E-state index contributed by atoms with van der Waals surface area (Å²) in [6.45, 7) is 4.44. The highest BCUT2D eigenvalue weighted by atomic mass is 16.1. The maximum absolute atomic E-state index is 12.1. The molecular weight excluding hydrogens is 302 g/mol. The lowest BCUT2D eigenvalue weighted by Crippen LogP contribution is -2.13. The van der Waals surface area contributed by atoms with E-state index < -0.39 is 0 Å². The molecule has 0 spiro atoms. The third kappa shape index (κ3) is 4.21. The van der Waals surface area contributed by atoms with E-state index in [0.717, 1.165) is 17.0 Å². The molecule has 1 aromatic heterocycles. The van der Waals surface area contributed by atoms with Gasteiger partial charge in [-0.3, -0.25) is 9.48 Å². The second-order valence-corrected chi connectivity index (χ2v) is 5.52. The molecule has 0 radical (unpaired) electrons. The predicted molar refractivity (Wildman–Crippen MR) is 90.0 cm³/mol. The van der Waals surface area contributed by atoms with Gasteiger partial charge in [0.1, 0.15) is 0 Å². The van der Waals surface area contributed by atoms with Crippen molar-refractivity contribution in [3.05, 3.63) is 46.8 Å². The van der Waals surface area contributed by atoms with E-state index >= 15 is 0 Å². The Bertz CT molecular complexity index is 823. The lowest BCUT2D eigenvalue weighted by Gasteiger charge is -2.06. The molecule has 0 unspecified atom stereocenters. The zero-order valence-corrected chi connectivity index (χ0v) is 13.8. The summed E-state index contributed by atoms with van der Waals surface area (Å²) in [4.78, 5) is 12.1. The molecule has 1 aromatic carbocycles. The minimum Gasteiger partial charge on any atom is -0.326 e. The number of carbonyl (C=O) groups excluding carboxylic acids is 1. The molecule has 0 saturated heterocycles. The van der Waals surface area contributed by atoms with E-state index in [0.29, 0.717) is 37.1 Å². The molecule has 1 heterocycles. The van der Waals surface area contributed by atoms with Gasteiger partial charge in [0.25, 0.3) is 0 Å². The van der Waals surface area contributed by atoms with Gasteiger partial charge in [0.05, 0.1) is 36.4 Å². The summed E-state index contributed by atoms with van der Waals surface area (Å²) in [5.74, 6) is -0.103. The van der Waals surface area contributed by atoms with Gasteiger partial charge in [0.2, 0.25) is 5.91 Å². The van der Waals surface area contributed by atoms with E-state index in [4.69, 9.17) is 10.5 Å². The molecule has 1 N–H and O–H groups in total. The molecule has 6 nitrogen and oxygen atoms in total. The first-order valence-corrected chi connectivity index (χ1v) is 7.75. The van der Waals surface area contributed by atoms with Gasteiger partial charge in [0, 0.05) is 17.8 Å². The maximum Gasteiger partial charge on any atom is 0.224 e. The van der Waals surface area contributed by atoms with E-state index in [1.165, 1.54) is 0 Å². The fourth-order valence-corrected chi connectivity index (χ4v) is 2.60. The Balaban J connectivity index is 1.98. The summed E-state index contributed by atoms with van der Waals surface area (Å²) >= 11 is 0. The van der Waals surface area contributed by atoms with Crippen molar-refractivity contribution in [3.63, 3.8) is 0 Å². The van der Waals surface area contributed by atoms with Crippen LogP contribution in [0, 0.1) is 36.5 Å². The largest absolute Gasteiger partial charge is 0.326 e. The Kier molecular flexibility index (Phi) is 5.70. The van der Waals surface area contributed by atoms with E-state index in [1.807, 2.05) is 24.6 Å². The molecule has 0 aliphatic heterocycles. The zero-order valence-electron chi connectivity index (χ0n) is 13.8. The first kappa shape index (κ1) is 17.2. The number of rotatable bonds is 6. The van der Waals surface area contributed by atoms with Crippen molar-refractivity contribution in [3.8, 4) is 12.1 Å². The number of hydrogen-bond donors (Lipinski definition) is 1. The summed E-state index contributed by atoms with van der Waals surface area (Å²) in [5.41, 5.74) is 4.08. The second kappa shape index (κ2) is 7.94. The highest BCUT2D eigenvalue weighted by Crippen LogP contribution is 2.16. The molecule has 122 valence electrons. The van der Waals surface area contributed by atoms with Crippen LogP contribution in [0.25, 0.3) is 0 Å². The fraction of sp³-hybridized carbons (Fsp3) is 0.333. The van der Waals surface area contributed by atoms with Crippen LogP contribution < -0.4 is 5.32 Å². The fourth-order valence-electron chi connectivity index (χ4n) is 2.60. The predicted octanol–water partition coefficient (Wildman–Crippen LogP) is 2.86. The Labute approximate surface area is 141 Å². The van der Waals surface area contributed by atoms with Gasteiger partial charge in [-0.05, 0) is 44.0 Å². The normalized spacial score (nSPS) is 10.0. The van der Waals surface area contributed by atoms with Gasteiger partial charge in [-0.25, -0.2) is 0 Å². The summed E-state index contributed by atoms with van der Waals surface area (Å²) in [6.07, 6.45) is 1.34. The van der Waals surface area contributed by atoms with E-state index in [1.54, 1.807) is 24.3 Å². The van der Waals surface area contributed by atoms with Gasteiger partial charge in [-0.15, -0.1) is 0 Å². The monoisotopic (exact) mass is 321 g/mol. The molecule has 0 atom stereocenters. The third-order valence-electron chi connectivity index (χ3n) is 3.84. The highest BCUT2D eigenvalue weighted by Gasteiger charge is 2.13. The Morgan fingerprint density at radius 2 is 2.12 bits per heavy atom. The summed E-state index contributed by atoms with van der Waals surface area (Å²) in [6, 6.07) is 11.0. The minimum atomic E-state index is -0.103. The lowest BCUT2D eigenvalue weighted by molar-refractivity contribution is -0.116. The van der Waals surface area contributed by atoms with Crippen molar-refractivity contribution in [2.45, 2.75) is 39.7 Å². The molecule has 24 heavy (non-hydrogen) atoms. The van der Waals surface area contributed by atoms with Crippen molar-refractivity contribution in [2.24, 2.45) is 0 Å². The number of benzene rings is 1. The molecule has 0 aliphatic rings. The average molecular weight is 321 g/mol. The molecule has 0 fully saturated rings. The van der Waals surface area contributed by atoms with Crippen molar-refractivity contribution in [1.29, 1.82) is 10.5 Å². The number of nitrogens with zero attached hydrogens (tertiary/aromatic N) is 4. The third-order valence-corrected chi connectivity index (χ3v) is 3.84. The maximum atomic E-state index is 12.1. The van der Waals surface area contributed by atoms with Crippen molar-refractivity contribution < 1.29 is 4.79 Å². The number of nitrogens with one attached hydrogen (secondary N) is 1. The molecule has 0 bridgehead atoms. The summed E-state index contributed by atoms with van der Waals surface area (Å²) in [7, 11) is 0. The minimum absolute atomic E-state index is 0.103. The van der Waals surface area contributed by atoms with Crippen LogP contribution in [0.2, 0.25) is 0 Å². The number of nitriles is 2. The second-order valence-electron chi connectivity index (χ2n) is 5.52. The molecule has 0 aliphatic carbocycles. The van der Waals surface area contributed by atoms with Crippen LogP contribution in [0.15, 0.2) is 24.3 Å².